The zero-order chi connectivity index (χ0) is 18.0. The highest BCUT2D eigenvalue weighted by atomic mass is 32.1. The Labute approximate surface area is 152 Å². The third kappa shape index (κ3) is 3.74. The van der Waals surface area contributed by atoms with Gasteiger partial charge in [0.25, 0.3) is 5.91 Å². The Bertz CT molecular complexity index is 865. The van der Waals surface area contributed by atoms with E-state index in [4.69, 9.17) is 4.98 Å². The average molecular weight is 356 g/mol. The Morgan fingerprint density at radius 3 is 2.76 bits per heavy atom. The number of nitrogens with zero attached hydrogens (tertiary/aromatic N) is 3. The van der Waals surface area contributed by atoms with Gasteiger partial charge in [0, 0.05) is 23.2 Å². The maximum absolute atomic E-state index is 12.8. The summed E-state index contributed by atoms with van der Waals surface area (Å²) in [5.41, 5.74) is 2.36. The number of hydrogen-bond acceptors (Lipinski definition) is 4. The Morgan fingerprint density at radius 1 is 1.32 bits per heavy atom. The lowest BCUT2D eigenvalue weighted by Gasteiger charge is -2.12. The topological polar surface area (TPSA) is 59.8 Å². The predicted octanol–water partition coefficient (Wildman–Crippen LogP) is 4.17. The fraction of sp³-hybridized carbons (Fsp3) is 0.421. The van der Waals surface area contributed by atoms with Crippen LogP contribution in [0.5, 0.6) is 0 Å². The molecule has 5 nitrogen and oxygen atoms in total. The number of pyridine rings is 1. The highest BCUT2D eigenvalue weighted by Crippen LogP contribution is 2.24. The van der Waals surface area contributed by atoms with E-state index in [0.29, 0.717) is 12.1 Å². The average Bonchev–Trinajstić information content (AvgIpc) is 3.22. The van der Waals surface area contributed by atoms with Gasteiger partial charge in [0.05, 0.1) is 17.1 Å². The quantitative estimate of drug-likeness (QED) is 0.721. The monoisotopic (exact) mass is 356 g/mol. The molecule has 6 heteroatoms. The number of thiophene rings is 1. The van der Waals surface area contributed by atoms with Gasteiger partial charge in [-0.15, -0.1) is 11.3 Å². The van der Waals surface area contributed by atoms with Gasteiger partial charge in [-0.05, 0) is 43.7 Å². The van der Waals surface area contributed by atoms with Crippen LogP contribution in [0, 0.1) is 0 Å². The van der Waals surface area contributed by atoms with Crippen LogP contribution in [0.3, 0.4) is 0 Å². The van der Waals surface area contributed by atoms with Gasteiger partial charge >= 0.3 is 0 Å². The largest absolute Gasteiger partial charge is 0.352 e. The van der Waals surface area contributed by atoms with Gasteiger partial charge in [0.2, 0.25) is 0 Å². The van der Waals surface area contributed by atoms with Crippen molar-refractivity contribution in [3.63, 3.8) is 0 Å². The number of amides is 1. The van der Waals surface area contributed by atoms with Crippen molar-refractivity contribution in [2.75, 3.05) is 6.54 Å². The van der Waals surface area contributed by atoms with E-state index in [1.165, 1.54) is 4.88 Å². The number of hydrogen-bond donors (Lipinski definition) is 1. The van der Waals surface area contributed by atoms with E-state index in [9.17, 15) is 4.79 Å². The molecule has 0 bridgehead atoms. The van der Waals surface area contributed by atoms with Crippen molar-refractivity contribution < 1.29 is 4.79 Å². The van der Waals surface area contributed by atoms with Gasteiger partial charge in [-0.3, -0.25) is 4.79 Å². The Kier molecular flexibility index (Phi) is 5.18. The Morgan fingerprint density at radius 2 is 2.12 bits per heavy atom. The molecule has 0 aromatic carbocycles. The minimum atomic E-state index is -0.0610. The molecule has 3 heterocycles. The SMILES string of the molecule is CC(C)c1cc(C(=O)NCCc2cccs2)c2cnn(C(C)C)c2n1. The molecule has 0 saturated heterocycles. The van der Waals surface area contributed by atoms with Crippen molar-refractivity contribution >= 4 is 28.3 Å². The van der Waals surface area contributed by atoms with E-state index in [1.54, 1.807) is 17.5 Å². The van der Waals surface area contributed by atoms with E-state index in [2.05, 4.69) is 49.6 Å². The fourth-order valence-corrected chi connectivity index (χ4v) is 3.46. The molecule has 3 aromatic heterocycles. The molecule has 3 aromatic rings. The van der Waals surface area contributed by atoms with Crippen LogP contribution in [0.4, 0.5) is 0 Å². The standard InChI is InChI=1S/C19H24N4OS/c1-12(2)17-10-15(16-11-21-23(13(3)4)18(16)22-17)19(24)20-8-7-14-6-5-9-25-14/h5-6,9-13H,7-8H2,1-4H3,(H,20,24). The van der Waals surface area contributed by atoms with Gasteiger partial charge < -0.3 is 5.32 Å². The molecule has 132 valence electrons. The molecular weight excluding hydrogens is 332 g/mol. The first kappa shape index (κ1) is 17.6. The van der Waals surface area contributed by atoms with Crippen LogP contribution in [0.1, 0.15) is 60.6 Å². The molecule has 3 rings (SSSR count). The summed E-state index contributed by atoms with van der Waals surface area (Å²) in [6.07, 6.45) is 2.60. The van der Waals surface area contributed by atoms with Crippen LogP contribution >= 0.6 is 11.3 Å². The second-order valence-electron chi connectivity index (χ2n) is 6.75. The molecule has 0 saturated carbocycles. The fourth-order valence-electron chi connectivity index (χ4n) is 2.75. The number of carbonyl (C=O) groups excluding carboxylic acids is 1. The molecule has 0 radical (unpaired) electrons. The van der Waals surface area contributed by atoms with Crippen molar-refractivity contribution in [3.05, 3.63) is 45.9 Å². The smallest absolute Gasteiger partial charge is 0.252 e. The molecule has 0 aliphatic carbocycles. The van der Waals surface area contributed by atoms with Gasteiger partial charge in [-0.1, -0.05) is 19.9 Å². The maximum Gasteiger partial charge on any atom is 0.252 e. The summed E-state index contributed by atoms with van der Waals surface area (Å²) >= 11 is 1.71. The maximum atomic E-state index is 12.8. The van der Waals surface area contributed by atoms with E-state index in [-0.39, 0.29) is 17.9 Å². The van der Waals surface area contributed by atoms with Crippen LogP contribution in [0.2, 0.25) is 0 Å². The van der Waals surface area contributed by atoms with Crippen molar-refractivity contribution in [3.8, 4) is 0 Å². The molecule has 0 aliphatic rings. The minimum Gasteiger partial charge on any atom is -0.352 e. The first-order valence-electron chi connectivity index (χ1n) is 8.66. The van der Waals surface area contributed by atoms with Crippen molar-refractivity contribution in [1.82, 2.24) is 20.1 Å². The minimum absolute atomic E-state index is 0.0610. The molecule has 0 atom stereocenters. The highest BCUT2D eigenvalue weighted by molar-refractivity contribution is 7.09. The van der Waals surface area contributed by atoms with Crippen molar-refractivity contribution in [1.29, 1.82) is 0 Å². The zero-order valence-corrected chi connectivity index (χ0v) is 15.9. The first-order chi connectivity index (χ1) is 12.0. The second kappa shape index (κ2) is 7.35. The van der Waals surface area contributed by atoms with E-state index in [1.807, 2.05) is 16.8 Å². The molecule has 0 aliphatic heterocycles. The second-order valence-corrected chi connectivity index (χ2v) is 7.79. The van der Waals surface area contributed by atoms with Crippen molar-refractivity contribution in [2.24, 2.45) is 0 Å². The summed E-state index contributed by atoms with van der Waals surface area (Å²) in [6, 6.07) is 6.22. The third-order valence-corrected chi connectivity index (χ3v) is 5.09. The number of fused-ring (bicyclic) bond motifs is 1. The van der Waals surface area contributed by atoms with Gasteiger partial charge in [0.1, 0.15) is 0 Å². The molecule has 25 heavy (non-hydrogen) atoms. The third-order valence-electron chi connectivity index (χ3n) is 4.15. The normalized spacial score (nSPS) is 11.6. The lowest BCUT2D eigenvalue weighted by molar-refractivity contribution is 0.0955. The number of aromatic nitrogens is 3. The zero-order valence-electron chi connectivity index (χ0n) is 15.1. The van der Waals surface area contributed by atoms with Crippen LogP contribution in [-0.4, -0.2) is 27.2 Å². The van der Waals surface area contributed by atoms with E-state index in [0.717, 1.165) is 23.1 Å². The lowest BCUT2D eigenvalue weighted by Crippen LogP contribution is -2.26. The van der Waals surface area contributed by atoms with Gasteiger partial charge in [0.15, 0.2) is 5.65 Å². The van der Waals surface area contributed by atoms with Crippen LogP contribution in [0.25, 0.3) is 11.0 Å². The van der Waals surface area contributed by atoms with Gasteiger partial charge in [-0.25, -0.2) is 9.67 Å². The molecule has 0 unspecified atom stereocenters. The van der Waals surface area contributed by atoms with Crippen LogP contribution in [0.15, 0.2) is 29.8 Å². The molecule has 0 fully saturated rings. The summed E-state index contributed by atoms with van der Waals surface area (Å²) < 4.78 is 1.88. The predicted molar refractivity (Wildman–Crippen MR) is 102 cm³/mol. The first-order valence-corrected chi connectivity index (χ1v) is 9.54. The number of rotatable bonds is 6. The Balaban J connectivity index is 1.89. The summed E-state index contributed by atoms with van der Waals surface area (Å²) in [5, 5.41) is 10.3. The van der Waals surface area contributed by atoms with Crippen molar-refractivity contribution in [2.45, 2.75) is 46.1 Å². The van der Waals surface area contributed by atoms with Crippen LogP contribution < -0.4 is 5.32 Å². The van der Waals surface area contributed by atoms with Gasteiger partial charge in [-0.2, -0.15) is 5.10 Å². The number of nitrogens with one attached hydrogen (secondary N) is 1. The molecule has 1 amide bonds. The summed E-state index contributed by atoms with van der Waals surface area (Å²) in [6.45, 7) is 8.93. The molecule has 1 N–H and O–H groups in total. The molecular formula is C19H24N4OS. The lowest BCUT2D eigenvalue weighted by atomic mass is 10.0. The summed E-state index contributed by atoms with van der Waals surface area (Å²) in [5.74, 6) is 0.187. The Hall–Kier alpha value is -2.21. The van der Waals surface area contributed by atoms with E-state index >= 15 is 0 Å². The summed E-state index contributed by atoms with van der Waals surface area (Å²) in [4.78, 5) is 18.8. The number of carbonyl (C=O) groups is 1. The van der Waals surface area contributed by atoms with Crippen LogP contribution in [-0.2, 0) is 6.42 Å². The highest BCUT2D eigenvalue weighted by Gasteiger charge is 2.18. The van der Waals surface area contributed by atoms with E-state index < -0.39 is 0 Å². The molecule has 0 spiro atoms. The summed E-state index contributed by atoms with van der Waals surface area (Å²) in [7, 11) is 0.